The second-order valence-electron chi connectivity index (χ2n) is 5.80. The summed E-state index contributed by atoms with van der Waals surface area (Å²) in [6.45, 7) is 4.28. The molecule has 0 unspecified atom stereocenters. The van der Waals surface area contributed by atoms with E-state index in [0.717, 1.165) is 11.4 Å². The molecule has 0 saturated carbocycles. The van der Waals surface area contributed by atoms with Gasteiger partial charge in [0.05, 0.1) is 11.8 Å². The number of rotatable bonds is 7. The largest absolute Gasteiger partial charge is 0.491 e. The lowest BCUT2D eigenvalue weighted by Gasteiger charge is -2.12. The summed E-state index contributed by atoms with van der Waals surface area (Å²) in [5.74, 6) is 1.19. The fraction of sp³-hybridized carbons (Fsp3) is 0.278. The van der Waals surface area contributed by atoms with Crippen LogP contribution in [-0.4, -0.2) is 43.8 Å². The molecule has 0 amide bonds. The zero-order valence-electron chi connectivity index (χ0n) is 14.2. The summed E-state index contributed by atoms with van der Waals surface area (Å²) in [4.78, 5) is 0. The van der Waals surface area contributed by atoms with E-state index < -0.39 is 6.10 Å². The molecule has 3 aromatic rings. The predicted molar refractivity (Wildman–Crippen MR) is 97.3 cm³/mol. The van der Waals surface area contributed by atoms with Gasteiger partial charge in [-0.05, 0) is 48.5 Å². The van der Waals surface area contributed by atoms with Crippen LogP contribution in [0.5, 0.6) is 5.75 Å². The van der Waals surface area contributed by atoms with E-state index in [1.165, 1.54) is 22.9 Å². The van der Waals surface area contributed by atoms with Gasteiger partial charge in [-0.25, -0.2) is 0 Å². The Balaban J connectivity index is 1.54. The van der Waals surface area contributed by atoms with Crippen molar-refractivity contribution < 1.29 is 9.84 Å². The van der Waals surface area contributed by atoms with Gasteiger partial charge in [0.25, 0.3) is 0 Å². The van der Waals surface area contributed by atoms with Crippen LogP contribution >= 0.6 is 11.8 Å². The maximum Gasteiger partial charge on any atom is 0.214 e. The molecule has 130 valence electrons. The van der Waals surface area contributed by atoms with Crippen LogP contribution in [0.3, 0.4) is 0 Å². The van der Waals surface area contributed by atoms with E-state index in [1.54, 1.807) is 4.68 Å². The number of hydrogen-bond donors (Lipinski definition) is 1. The monoisotopic (exact) mass is 356 g/mol. The molecular weight excluding hydrogens is 336 g/mol. The number of tetrazole rings is 1. The van der Waals surface area contributed by atoms with E-state index in [2.05, 4.69) is 15.5 Å². The summed E-state index contributed by atoms with van der Waals surface area (Å²) in [6, 6.07) is 15.7. The van der Waals surface area contributed by atoms with E-state index >= 15 is 0 Å². The molecule has 1 aromatic heterocycles. The summed E-state index contributed by atoms with van der Waals surface area (Å²) in [5, 5.41) is 22.6. The third-order valence-electron chi connectivity index (χ3n) is 3.59. The van der Waals surface area contributed by atoms with Crippen LogP contribution in [0.4, 0.5) is 0 Å². The lowest BCUT2D eigenvalue weighted by Crippen LogP contribution is -2.20. The maximum atomic E-state index is 10.1. The Morgan fingerprint density at radius 1 is 1.04 bits per heavy atom. The predicted octanol–water partition coefficient (Wildman–Crippen LogP) is 2.81. The van der Waals surface area contributed by atoms with Crippen LogP contribution in [-0.2, 0) is 0 Å². The lowest BCUT2D eigenvalue weighted by molar-refractivity contribution is 0.126. The summed E-state index contributed by atoms with van der Waals surface area (Å²) < 4.78 is 7.26. The van der Waals surface area contributed by atoms with Gasteiger partial charge in [0.15, 0.2) is 0 Å². The molecule has 1 atom stereocenters. The van der Waals surface area contributed by atoms with Gasteiger partial charge >= 0.3 is 0 Å². The minimum atomic E-state index is -0.616. The SMILES string of the molecule is Cc1ccc(OC[C@@H](O)CSc2nnnn2-c2ccc(C)cc2)cc1. The van der Waals surface area contributed by atoms with Gasteiger partial charge in [0, 0.05) is 5.75 Å². The quantitative estimate of drug-likeness (QED) is 0.656. The average molecular weight is 356 g/mol. The molecule has 7 heteroatoms. The first-order valence-corrected chi connectivity index (χ1v) is 8.96. The van der Waals surface area contributed by atoms with Crippen molar-refractivity contribution in [3.05, 3.63) is 59.7 Å². The highest BCUT2D eigenvalue weighted by atomic mass is 32.2. The number of nitrogens with zero attached hydrogens (tertiary/aromatic N) is 4. The molecule has 3 rings (SSSR count). The topological polar surface area (TPSA) is 73.1 Å². The minimum absolute atomic E-state index is 0.224. The molecule has 25 heavy (non-hydrogen) atoms. The van der Waals surface area contributed by atoms with Gasteiger partial charge < -0.3 is 9.84 Å². The Hall–Kier alpha value is -2.38. The molecule has 0 spiro atoms. The van der Waals surface area contributed by atoms with E-state index in [4.69, 9.17) is 4.74 Å². The smallest absolute Gasteiger partial charge is 0.214 e. The molecule has 1 N–H and O–H groups in total. The summed E-state index contributed by atoms with van der Waals surface area (Å²) in [7, 11) is 0. The summed E-state index contributed by atoms with van der Waals surface area (Å²) in [6.07, 6.45) is -0.616. The third kappa shape index (κ3) is 4.80. The van der Waals surface area contributed by atoms with Crippen molar-refractivity contribution in [3.8, 4) is 11.4 Å². The van der Waals surface area contributed by atoms with Crippen molar-refractivity contribution in [1.29, 1.82) is 0 Å². The minimum Gasteiger partial charge on any atom is -0.491 e. The van der Waals surface area contributed by atoms with Crippen molar-refractivity contribution in [2.24, 2.45) is 0 Å². The van der Waals surface area contributed by atoms with Gasteiger partial charge in [-0.1, -0.05) is 47.2 Å². The molecule has 1 heterocycles. The standard InChI is InChI=1S/C18H20N4O2S/c1-13-3-7-15(8-4-13)22-18(19-20-21-22)25-12-16(23)11-24-17-9-5-14(2)6-10-17/h3-10,16,23H,11-12H2,1-2H3/t16-/m1/s1. The number of ether oxygens (including phenoxy) is 1. The molecule has 2 aromatic carbocycles. The number of aliphatic hydroxyl groups is 1. The Morgan fingerprint density at radius 2 is 1.68 bits per heavy atom. The zero-order valence-corrected chi connectivity index (χ0v) is 15.0. The van der Waals surface area contributed by atoms with E-state index in [0.29, 0.717) is 10.9 Å². The molecule has 0 saturated heterocycles. The van der Waals surface area contributed by atoms with Crippen LogP contribution in [0.2, 0.25) is 0 Å². The van der Waals surface area contributed by atoms with Crippen molar-refractivity contribution in [1.82, 2.24) is 20.2 Å². The molecule has 6 nitrogen and oxygen atoms in total. The fourth-order valence-electron chi connectivity index (χ4n) is 2.16. The lowest BCUT2D eigenvalue weighted by atomic mass is 10.2. The van der Waals surface area contributed by atoms with Crippen LogP contribution in [0, 0.1) is 13.8 Å². The Bertz CT molecular complexity index is 803. The number of aryl methyl sites for hydroxylation is 2. The van der Waals surface area contributed by atoms with E-state index in [-0.39, 0.29) is 6.61 Å². The second-order valence-corrected chi connectivity index (χ2v) is 6.78. The van der Waals surface area contributed by atoms with Gasteiger partial charge in [-0.2, -0.15) is 4.68 Å². The molecule has 0 radical (unpaired) electrons. The van der Waals surface area contributed by atoms with Crippen LogP contribution in [0.15, 0.2) is 53.7 Å². The molecule has 0 aliphatic rings. The summed E-state index contributed by atoms with van der Waals surface area (Å²) in [5.41, 5.74) is 3.24. The van der Waals surface area contributed by atoms with Crippen molar-refractivity contribution in [3.63, 3.8) is 0 Å². The first-order valence-electron chi connectivity index (χ1n) is 7.97. The Labute approximate surface area is 150 Å². The number of hydrogen-bond acceptors (Lipinski definition) is 6. The number of aromatic nitrogens is 4. The fourth-order valence-corrected chi connectivity index (χ4v) is 2.96. The second kappa shape index (κ2) is 8.13. The van der Waals surface area contributed by atoms with Crippen LogP contribution in [0.25, 0.3) is 5.69 Å². The highest BCUT2D eigenvalue weighted by Gasteiger charge is 2.12. The average Bonchev–Trinajstić information content (AvgIpc) is 3.09. The molecule has 0 aliphatic carbocycles. The van der Waals surface area contributed by atoms with E-state index in [9.17, 15) is 5.11 Å². The van der Waals surface area contributed by atoms with E-state index in [1.807, 2.05) is 62.4 Å². The Morgan fingerprint density at radius 3 is 2.36 bits per heavy atom. The first-order chi connectivity index (χ1) is 12.1. The molecule has 0 bridgehead atoms. The molecule has 0 fully saturated rings. The van der Waals surface area contributed by atoms with Crippen LogP contribution < -0.4 is 4.74 Å². The Kier molecular flexibility index (Phi) is 5.67. The van der Waals surface area contributed by atoms with Crippen LogP contribution in [0.1, 0.15) is 11.1 Å². The molecule has 0 aliphatic heterocycles. The normalized spacial score (nSPS) is 12.1. The van der Waals surface area contributed by atoms with Crippen molar-refractivity contribution in [2.45, 2.75) is 25.1 Å². The van der Waals surface area contributed by atoms with Gasteiger partial charge in [0.2, 0.25) is 5.16 Å². The van der Waals surface area contributed by atoms with Gasteiger partial charge in [-0.15, -0.1) is 5.10 Å². The molecular formula is C18H20N4O2S. The first kappa shape index (κ1) is 17.4. The number of benzene rings is 2. The maximum absolute atomic E-state index is 10.1. The van der Waals surface area contributed by atoms with Crippen molar-refractivity contribution in [2.75, 3.05) is 12.4 Å². The highest BCUT2D eigenvalue weighted by Crippen LogP contribution is 2.20. The van der Waals surface area contributed by atoms with Gasteiger partial charge in [0.1, 0.15) is 12.4 Å². The number of thioether (sulfide) groups is 1. The van der Waals surface area contributed by atoms with Gasteiger partial charge in [-0.3, -0.25) is 0 Å². The third-order valence-corrected chi connectivity index (χ3v) is 4.65. The zero-order chi connectivity index (χ0) is 17.6. The summed E-state index contributed by atoms with van der Waals surface area (Å²) >= 11 is 1.40. The number of aliphatic hydroxyl groups excluding tert-OH is 1. The van der Waals surface area contributed by atoms with Crippen molar-refractivity contribution >= 4 is 11.8 Å². The highest BCUT2D eigenvalue weighted by molar-refractivity contribution is 7.99.